The van der Waals surface area contributed by atoms with E-state index >= 15 is 8.78 Å². The first kappa shape index (κ1) is 23.8. The molecular weight excluding hydrogens is 446 g/mol. The number of nitriles is 1. The van der Waals surface area contributed by atoms with Crippen molar-refractivity contribution >= 4 is 23.0 Å². The zero-order valence-corrected chi connectivity index (χ0v) is 18.2. The molecule has 1 aliphatic rings. The van der Waals surface area contributed by atoms with Crippen molar-refractivity contribution in [3.8, 4) is 6.07 Å². The fraction of sp³-hybridized carbons (Fsp3) is 0.364. The number of benzene rings is 1. The van der Waals surface area contributed by atoms with E-state index in [9.17, 15) is 13.6 Å². The summed E-state index contributed by atoms with van der Waals surface area (Å²) in [6.07, 6.45) is 0.629. The second-order valence-electron chi connectivity index (χ2n) is 8.11. The zero-order chi connectivity index (χ0) is 23.9. The molecule has 0 bridgehead atoms. The predicted octanol–water partition coefficient (Wildman–Crippen LogP) is 4.23. The van der Waals surface area contributed by atoms with E-state index in [1.54, 1.807) is 0 Å². The van der Waals surface area contributed by atoms with E-state index in [0.29, 0.717) is 6.07 Å². The van der Waals surface area contributed by atoms with Crippen LogP contribution in [0.5, 0.6) is 0 Å². The molecule has 1 fully saturated rings. The van der Waals surface area contributed by atoms with Crippen LogP contribution in [0.2, 0.25) is 0 Å². The average Bonchev–Trinajstić information content (AvgIpc) is 2.79. The number of aromatic nitrogens is 1. The Bertz CT molecular complexity index is 1130. The van der Waals surface area contributed by atoms with Crippen molar-refractivity contribution in [2.75, 3.05) is 6.61 Å². The summed E-state index contributed by atoms with van der Waals surface area (Å²) in [5.41, 5.74) is -5.07. The number of ether oxygens (including phenoxy) is 1. The van der Waals surface area contributed by atoms with Crippen LogP contribution in [0.4, 0.5) is 17.6 Å². The van der Waals surface area contributed by atoms with E-state index in [0.717, 1.165) is 26.8 Å². The Balaban J connectivity index is 2.06. The first-order valence-electron chi connectivity index (χ1n) is 9.53. The van der Waals surface area contributed by atoms with Crippen LogP contribution in [0.15, 0.2) is 30.5 Å². The highest BCUT2D eigenvalue weighted by Crippen LogP contribution is 2.48. The number of nitrogens with one attached hydrogen (secondary N) is 1. The van der Waals surface area contributed by atoms with E-state index < -0.39 is 46.5 Å². The van der Waals surface area contributed by atoms with Crippen LogP contribution >= 0.6 is 12.2 Å². The number of hydrogen-bond acceptors (Lipinski definition) is 5. The van der Waals surface area contributed by atoms with E-state index in [4.69, 9.17) is 22.2 Å². The van der Waals surface area contributed by atoms with E-state index in [1.165, 1.54) is 18.3 Å². The fourth-order valence-electron chi connectivity index (χ4n) is 3.57. The van der Waals surface area contributed by atoms with Gasteiger partial charge in [0.25, 0.3) is 0 Å². The maximum atomic E-state index is 15.6. The molecule has 2 heterocycles. The number of nitrogens with zero attached hydrogens (tertiary/aromatic N) is 2. The maximum Gasteiger partial charge on any atom is 0.302 e. The SMILES string of the molecule is CC1(C)OCC(=S)N[C@](C)(c2cc(CC(=O)c3ccc(C#N)cn3)c(F)cc2F)C1(F)F. The molecule has 1 atom stereocenters. The third-order valence-corrected chi connectivity index (χ3v) is 5.76. The van der Waals surface area contributed by atoms with Gasteiger partial charge in [-0.05, 0) is 44.5 Å². The lowest BCUT2D eigenvalue weighted by atomic mass is 9.77. The van der Waals surface area contributed by atoms with Gasteiger partial charge >= 0.3 is 5.92 Å². The zero-order valence-electron chi connectivity index (χ0n) is 17.4. The summed E-state index contributed by atoms with van der Waals surface area (Å²) in [4.78, 5) is 16.3. The Hall–Kier alpha value is -2.90. The molecule has 0 amide bonds. The highest BCUT2D eigenvalue weighted by Gasteiger charge is 2.64. The van der Waals surface area contributed by atoms with Crippen LogP contribution in [0, 0.1) is 23.0 Å². The molecule has 10 heteroatoms. The lowest BCUT2D eigenvalue weighted by Gasteiger charge is -2.44. The van der Waals surface area contributed by atoms with Crippen LogP contribution in [-0.2, 0) is 16.7 Å². The second-order valence-corrected chi connectivity index (χ2v) is 8.61. The Kier molecular flexibility index (Phi) is 6.10. The van der Waals surface area contributed by atoms with Gasteiger partial charge in [-0.3, -0.25) is 9.78 Å². The molecule has 2 aromatic rings. The molecule has 0 radical (unpaired) electrons. The van der Waals surface area contributed by atoms with Gasteiger partial charge in [0.05, 0.1) is 12.2 Å². The number of hydrogen-bond donors (Lipinski definition) is 1. The van der Waals surface area contributed by atoms with Crippen LogP contribution in [0.3, 0.4) is 0 Å². The highest BCUT2D eigenvalue weighted by atomic mass is 32.1. The van der Waals surface area contributed by atoms with Gasteiger partial charge in [0, 0.05) is 24.2 Å². The Morgan fingerprint density at radius 3 is 2.53 bits per heavy atom. The topological polar surface area (TPSA) is 75.0 Å². The minimum Gasteiger partial charge on any atom is -0.363 e. The van der Waals surface area contributed by atoms with Crippen LogP contribution in [0.25, 0.3) is 0 Å². The molecule has 0 unspecified atom stereocenters. The Morgan fingerprint density at radius 2 is 1.94 bits per heavy atom. The summed E-state index contributed by atoms with van der Waals surface area (Å²) >= 11 is 5.05. The van der Waals surface area contributed by atoms with Gasteiger partial charge in [0.2, 0.25) is 0 Å². The third-order valence-electron chi connectivity index (χ3n) is 5.54. The van der Waals surface area contributed by atoms with Gasteiger partial charge in [-0.2, -0.15) is 5.26 Å². The molecule has 1 aromatic carbocycles. The van der Waals surface area contributed by atoms with Crippen molar-refractivity contribution in [1.29, 1.82) is 5.26 Å². The first-order chi connectivity index (χ1) is 14.8. The van der Waals surface area contributed by atoms with Gasteiger partial charge in [0.15, 0.2) is 5.78 Å². The number of rotatable bonds is 4. The smallest absolute Gasteiger partial charge is 0.302 e. The van der Waals surface area contributed by atoms with Gasteiger partial charge in [-0.15, -0.1) is 0 Å². The number of ketones is 1. The predicted molar refractivity (Wildman–Crippen MR) is 111 cm³/mol. The van der Waals surface area contributed by atoms with E-state index in [2.05, 4.69) is 10.3 Å². The van der Waals surface area contributed by atoms with Gasteiger partial charge in [-0.1, -0.05) is 12.2 Å². The number of Topliss-reactive ketones (excluding diaryl/α,β-unsaturated/α-hetero) is 1. The minimum atomic E-state index is -3.69. The molecule has 32 heavy (non-hydrogen) atoms. The summed E-state index contributed by atoms with van der Waals surface area (Å²) in [5, 5.41) is 11.3. The fourth-order valence-corrected chi connectivity index (χ4v) is 3.83. The second kappa shape index (κ2) is 8.22. The van der Waals surface area contributed by atoms with E-state index in [1.807, 2.05) is 6.07 Å². The van der Waals surface area contributed by atoms with Crippen molar-refractivity contribution in [3.63, 3.8) is 0 Å². The molecular formula is C22H19F4N3O2S. The van der Waals surface area contributed by atoms with Crippen molar-refractivity contribution < 1.29 is 27.1 Å². The van der Waals surface area contributed by atoms with Crippen molar-refractivity contribution in [1.82, 2.24) is 10.3 Å². The largest absolute Gasteiger partial charge is 0.363 e. The number of thiocarbonyl (C=S) groups is 1. The summed E-state index contributed by atoms with van der Waals surface area (Å²) in [6, 6.07) is 5.89. The molecule has 1 N–H and O–H groups in total. The number of pyridine rings is 1. The Morgan fingerprint density at radius 1 is 1.25 bits per heavy atom. The van der Waals surface area contributed by atoms with Crippen LogP contribution < -0.4 is 5.32 Å². The first-order valence-corrected chi connectivity index (χ1v) is 9.94. The highest BCUT2D eigenvalue weighted by molar-refractivity contribution is 7.80. The van der Waals surface area contributed by atoms with Gasteiger partial charge in [0.1, 0.15) is 39.5 Å². The summed E-state index contributed by atoms with van der Waals surface area (Å²) in [7, 11) is 0. The van der Waals surface area contributed by atoms with Gasteiger partial charge < -0.3 is 10.1 Å². The van der Waals surface area contributed by atoms with E-state index in [-0.39, 0.29) is 28.4 Å². The average molecular weight is 465 g/mol. The summed E-state index contributed by atoms with van der Waals surface area (Å²) in [5.74, 6) is -6.59. The molecule has 3 rings (SSSR count). The summed E-state index contributed by atoms with van der Waals surface area (Å²) < 4.78 is 65.7. The monoisotopic (exact) mass is 465 g/mol. The molecule has 1 aromatic heterocycles. The molecule has 5 nitrogen and oxygen atoms in total. The lowest BCUT2D eigenvalue weighted by Crippen LogP contribution is -2.62. The lowest BCUT2D eigenvalue weighted by molar-refractivity contribution is -0.216. The van der Waals surface area contributed by atoms with Crippen molar-refractivity contribution in [2.24, 2.45) is 0 Å². The third kappa shape index (κ3) is 3.98. The molecule has 1 aliphatic heterocycles. The molecule has 168 valence electrons. The molecule has 1 saturated heterocycles. The molecule has 0 aliphatic carbocycles. The number of carbonyl (C=O) groups excluding carboxylic acids is 1. The minimum absolute atomic E-state index is 0.0471. The van der Waals surface area contributed by atoms with Crippen molar-refractivity contribution in [3.05, 3.63) is 64.5 Å². The van der Waals surface area contributed by atoms with Crippen LogP contribution in [0.1, 0.15) is 48.0 Å². The van der Waals surface area contributed by atoms with Gasteiger partial charge in [-0.25, -0.2) is 17.6 Å². The number of halogens is 4. The molecule has 0 saturated carbocycles. The normalized spacial score (nSPS) is 21.9. The number of carbonyl (C=O) groups is 1. The van der Waals surface area contributed by atoms with Crippen molar-refractivity contribution in [2.45, 2.75) is 44.3 Å². The number of alkyl halides is 2. The molecule has 0 spiro atoms. The summed E-state index contributed by atoms with van der Waals surface area (Å²) in [6.45, 7) is 3.07. The standard InChI is InChI=1S/C22H19F4N3O2S/c1-20(2)22(25,26)21(3,29-19(32)11-31-20)14-6-13(15(23)8-16(14)24)7-18(30)17-5-4-12(9-27)10-28-17/h4-6,8,10H,7,11H2,1-3H3,(H,29,32)/t21-/m1/s1. The van der Waals surface area contributed by atoms with Crippen LogP contribution in [-0.4, -0.2) is 33.9 Å². The maximum absolute atomic E-state index is 15.6. The Labute approximate surface area is 187 Å². The quantitative estimate of drug-likeness (QED) is 0.414.